The zero-order chi connectivity index (χ0) is 26.3. The largest absolute Gasteiger partial charge is 0.434 e. The molecule has 37 heavy (non-hydrogen) atoms. The van der Waals surface area contributed by atoms with E-state index in [1.165, 1.54) is 48.9 Å². The Morgan fingerprint density at radius 2 is 1.78 bits per heavy atom. The highest BCUT2D eigenvalue weighted by atomic mass is 35.5. The first-order chi connectivity index (χ1) is 17.6. The summed E-state index contributed by atoms with van der Waals surface area (Å²) in [6.07, 6.45) is -3.13. The number of rotatable bonds is 5. The molecule has 0 aliphatic carbocycles. The quantitative estimate of drug-likeness (QED) is 0.309. The van der Waals surface area contributed by atoms with Gasteiger partial charge in [-0.15, -0.1) is 4.80 Å². The summed E-state index contributed by atoms with van der Waals surface area (Å²) in [6, 6.07) is 7.56. The second kappa shape index (κ2) is 9.20. The summed E-state index contributed by atoms with van der Waals surface area (Å²) in [5.41, 5.74) is -2.72. The maximum atomic E-state index is 14.2. The number of aromatic nitrogens is 7. The highest BCUT2D eigenvalue weighted by Crippen LogP contribution is 2.36. The molecule has 188 valence electrons. The third-order valence-corrected chi connectivity index (χ3v) is 5.43. The second-order valence-corrected chi connectivity index (χ2v) is 7.91. The molecule has 5 rings (SSSR count). The van der Waals surface area contributed by atoms with E-state index in [9.17, 15) is 26.7 Å². The van der Waals surface area contributed by atoms with Gasteiger partial charge in [0.05, 0.1) is 52.3 Å². The van der Waals surface area contributed by atoms with Crippen molar-refractivity contribution in [1.29, 1.82) is 0 Å². The van der Waals surface area contributed by atoms with Crippen LogP contribution in [-0.4, -0.2) is 40.6 Å². The van der Waals surface area contributed by atoms with E-state index in [1.807, 2.05) is 0 Å². The number of nitrogens with zero attached hydrogens (tertiary/aromatic N) is 7. The summed E-state index contributed by atoms with van der Waals surface area (Å²) < 4.78 is 69.1. The number of hydrogen-bond acceptors (Lipinski definition) is 6. The minimum atomic E-state index is -5.01. The lowest BCUT2D eigenvalue weighted by Gasteiger charge is -2.14. The number of nitrogens with one attached hydrogen (secondary N) is 1. The second-order valence-electron chi connectivity index (χ2n) is 7.50. The van der Waals surface area contributed by atoms with Gasteiger partial charge in [0.2, 0.25) is 0 Å². The van der Waals surface area contributed by atoms with E-state index >= 15 is 0 Å². The van der Waals surface area contributed by atoms with Crippen LogP contribution in [0.15, 0.2) is 61.2 Å². The molecule has 1 amide bonds. The van der Waals surface area contributed by atoms with Crippen LogP contribution in [0.25, 0.3) is 22.4 Å². The average Bonchev–Trinajstić information content (AvgIpc) is 3.54. The number of carbonyl (C=O) groups excluding carboxylic acids is 1. The van der Waals surface area contributed by atoms with Crippen molar-refractivity contribution in [1.82, 2.24) is 34.7 Å². The van der Waals surface area contributed by atoms with Gasteiger partial charge < -0.3 is 5.32 Å². The van der Waals surface area contributed by atoms with Crippen LogP contribution in [0.2, 0.25) is 5.02 Å². The number of alkyl halides is 5. The molecule has 0 saturated carbocycles. The summed E-state index contributed by atoms with van der Waals surface area (Å²) in [5, 5.41) is 14.0. The molecule has 4 aromatic heterocycles. The van der Waals surface area contributed by atoms with Crippen molar-refractivity contribution in [2.75, 3.05) is 5.32 Å². The predicted molar refractivity (Wildman–Crippen MR) is 121 cm³/mol. The summed E-state index contributed by atoms with van der Waals surface area (Å²) in [4.78, 5) is 21.8. The van der Waals surface area contributed by atoms with Crippen molar-refractivity contribution in [2.45, 2.75) is 12.6 Å². The van der Waals surface area contributed by atoms with Crippen molar-refractivity contribution >= 4 is 34.1 Å². The number of hydrogen-bond donors (Lipinski definition) is 1. The first-order valence-corrected chi connectivity index (χ1v) is 10.7. The van der Waals surface area contributed by atoms with E-state index in [2.05, 4.69) is 30.6 Å². The van der Waals surface area contributed by atoms with Gasteiger partial charge in [0.25, 0.3) is 12.3 Å². The number of anilines is 1. The highest BCUT2D eigenvalue weighted by Gasteiger charge is 2.41. The minimum absolute atomic E-state index is 0.0145. The Balaban J connectivity index is 1.53. The van der Waals surface area contributed by atoms with Crippen molar-refractivity contribution in [3.05, 3.63) is 83.2 Å². The molecule has 0 aliphatic rings. The molecule has 5 aromatic rings. The van der Waals surface area contributed by atoms with E-state index in [0.717, 1.165) is 17.1 Å². The van der Waals surface area contributed by atoms with E-state index in [-0.39, 0.29) is 33.1 Å². The Kier molecular flexibility index (Phi) is 6.03. The van der Waals surface area contributed by atoms with Crippen LogP contribution in [0.4, 0.5) is 27.6 Å². The molecule has 0 bridgehead atoms. The van der Waals surface area contributed by atoms with Crippen LogP contribution in [0.5, 0.6) is 0 Å². The van der Waals surface area contributed by atoms with Crippen LogP contribution < -0.4 is 5.32 Å². The maximum Gasteiger partial charge on any atom is 0.434 e. The lowest BCUT2D eigenvalue weighted by Crippen LogP contribution is -2.21. The molecule has 0 fully saturated rings. The lowest BCUT2D eigenvalue weighted by atomic mass is 10.1. The molecular formula is C22H12ClF5N8O. The standard InChI is InChI=1S/C22H12ClF5N8O/c23-14-8-11(9-29-20(14)36-30-6-7-31-36)33-21(37)13-10-32-35(18(13)22(26,27)28)17-3-1-2-15-12(17)4-5-16(34-15)19(24)25/h1-10,19H,(H,33,37). The lowest BCUT2D eigenvalue weighted by molar-refractivity contribution is -0.143. The molecule has 4 heterocycles. The van der Waals surface area contributed by atoms with Crippen molar-refractivity contribution < 1.29 is 26.7 Å². The first-order valence-electron chi connectivity index (χ1n) is 10.3. The normalized spacial score (nSPS) is 11.9. The minimum Gasteiger partial charge on any atom is -0.320 e. The maximum absolute atomic E-state index is 14.2. The van der Waals surface area contributed by atoms with Crippen LogP contribution in [-0.2, 0) is 6.18 Å². The molecule has 9 nitrogen and oxygen atoms in total. The molecular weight excluding hydrogens is 523 g/mol. The smallest absolute Gasteiger partial charge is 0.320 e. The monoisotopic (exact) mass is 534 g/mol. The Labute approximate surface area is 208 Å². The molecule has 0 aliphatic heterocycles. The zero-order valence-electron chi connectivity index (χ0n) is 18.2. The van der Waals surface area contributed by atoms with Gasteiger partial charge in [-0.2, -0.15) is 28.5 Å². The van der Waals surface area contributed by atoms with Gasteiger partial charge in [-0.05, 0) is 30.3 Å². The predicted octanol–water partition coefficient (Wildman–Crippen LogP) is 5.26. The molecule has 1 N–H and O–H groups in total. The summed E-state index contributed by atoms with van der Waals surface area (Å²) >= 11 is 6.16. The fourth-order valence-electron chi connectivity index (χ4n) is 3.60. The topological polar surface area (TPSA) is 103 Å². The molecule has 15 heteroatoms. The van der Waals surface area contributed by atoms with Crippen molar-refractivity contribution in [3.8, 4) is 11.5 Å². The Hall–Kier alpha value is -4.46. The number of amides is 1. The van der Waals surface area contributed by atoms with Gasteiger partial charge in [0, 0.05) is 5.39 Å². The third-order valence-electron chi connectivity index (χ3n) is 5.15. The van der Waals surface area contributed by atoms with Crippen molar-refractivity contribution in [3.63, 3.8) is 0 Å². The van der Waals surface area contributed by atoms with E-state index < -0.39 is 35.5 Å². The summed E-state index contributed by atoms with van der Waals surface area (Å²) in [5.74, 6) is -0.979. The number of pyridine rings is 2. The summed E-state index contributed by atoms with van der Waals surface area (Å²) in [6.45, 7) is 0. The van der Waals surface area contributed by atoms with Gasteiger partial charge >= 0.3 is 6.18 Å². The van der Waals surface area contributed by atoms with Crippen LogP contribution >= 0.6 is 11.6 Å². The zero-order valence-corrected chi connectivity index (χ0v) is 18.9. The van der Waals surface area contributed by atoms with Crippen LogP contribution in [0.3, 0.4) is 0 Å². The fourth-order valence-corrected chi connectivity index (χ4v) is 3.84. The molecule has 0 saturated heterocycles. The van der Waals surface area contributed by atoms with Gasteiger partial charge in [0.15, 0.2) is 11.5 Å². The number of fused-ring (bicyclic) bond motifs is 1. The average molecular weight is 535 g/mol. The molecule has 0 spiro atoms. The molecule has 0 unspecified atom stereocenters. The number of benzene rings is 1. The van der Waals surface area contributed by atoms with Crippen molar-refractivity contribution in [2.24, 2.45) is 0 Å². The van der Waals surface area contributed by atoms with Gasteiger partial charge in [-0.25, -0.2) is 23.4 Å². The summed E-state index contributed by atoms with van der Waals surface area (Å²) in [7, 11) is 0. The Morgan fingerprint density at radius 1 is 1.03 bits per heavy atom. The fraction of sp³-hybridized carbons (Fsp3) is 0.0909. The number of carbonyl (C=O) groups is 1. The first kappa shape index (κ1) is 24.2. The SMILES string of the molecule is O=C(Nc1cnc(-n2nccn2)c(Cl)c1)c1cnn(-c2cccc3nc(C(F)F)ccc23)c1C(F)(F)F. The van der Waals surface area contributed by atoms with Crippen LogP contribution in [0, 0.1) is 0 Å². The van der Waals surface area contributed by atoms with E-state index in [1.54, 1.807) is 0 Å². The van der Waals surface area contributed by atoms with Gasteiger partial charge in [0.1, 0.15) is 5.69 Å². The Morgan fingerprint density at radius 3 is 2.46 bits per heavy atom. The highest BCUT2D eigenvalue weighted by molar-refractivity contribution is 6.32. The van der Waals surface area contributed by atoms with E-state index in [0.29, 0.717) is 4.68 Å². The Bertz CT molecular complexity index is 1620. The molecule has 1 aromatic carbocycles. The molecule has 0 atom stereocenters. The third kappa shape index (κ3) is 4.58. The van der Waals surface area contributed by atoms with Crippen LogP contribution in [0.1, 0.15) is 28.2 Å². The van der Waals surface area contributed by atoms with Gasteiger partial charge in [-0.1, -0.05) is 17.7 Å². The van der Waals surface area contributed by atoms with E-state index in [4.69, 9.17) is 11.6 Å². The number of halogens is 6. The molecule has 0 radical (unpaired) electrons. The van der Waals surface area contributed by atoms with Gasteiger partial charge in [-0.3, -0.25) is 4.79 Å².